The Kier molecular flexibility index (Phi) is 3.03. The second kappa shape index (κ2) is 4.63. The van der Waals surface area contributed by atoms with Crippen LogP contribution in [0.1, 0.15) is 18.4 Å². The maximum atomic E-state index is 8.82. The molecule has 0 aliphatic carbocycles. The first kappa shape index (κ1) is 10.4. The van der Waals surface area contributed by atoms with Gasteiger partial charge in [-0.05, 0) is 23.6 Å². The highest BCUT2D eigenvalue weighted by Crippen LogP contribution is 2.22. The molecule has 0 aromatic heterocycles. The second-order valence-electron chi connectivity index (χ2n) is 3.84. The van der Waals surface area contributed by atoms with E-state index in [1.807, 2.05) is 37.3 Å². The van der Waals surface area contributed by atoms with Crippen molar-refractivity contribution in [1.82, 2.24) is 0 Å². The van der Waals surface area contributed by atoms with Gasteiger partial charge < -0.3 is 0 Å². The Hall–Kier alpha value is -2.07. The predicted octanol–water partition coefficient (Wildman–Crippen LogP) is 3.98. The van der Waals surface area contributed by atoms with Crippen molar-refractivity contribution < 1.29 is 0 Å². The predicted molar refractivity (Wildman–Crippen MR) is 65.9 cm³/mol. The third-order valence-electron chi connectivity index (χ3n) is 2.71. The molecular formula is C15H13N. The molecule has 2 rings (SSSR count). The number of hydrogen-bond donors (Lipinski definition) is 0. The molecule has 1 nitrogen and oxygen atoms in total. The van der Waals surface area contributed by atoms with Gasteiger partial charge in [0.1, 0.15) is 0 Å². The lowest BCUT2D eigenvalue weighted by atomic mass is 9.98. The third kappa shape index (κ3) is 2.12. The second-order valence-corrected chi connectivity index (χ2v) is 3.84. The van der Waals surface area contributed by atoms with Crippen molar-refractivity contribution in [2.75, 3.05) is 0 Å². The Morgan fingerprint density at radius 2 is 1.44 bits per heavy atom. The highest BCUT2D eigenvalue weighted by molar-refractivity contribution is 5.63. The van der Waals surface area contributed by atoms with Gasteiger partial charge in [0.15, 0.2) is 0 Å². The smallest absolute Gasteiger partial charge is 0.0700 e. The van der Waals surface area contributed by atoms with Crippen LogP contribution in [0.15, 0.2) is 54.6 Å². The van der Waals surface area contributed by atoms with Crippen molar-refractivity contribution in [3.8, 4) is 17.2 Å². The minimum atomic E-state index is -0.0372. The van der Waals surface area contributed by atoms with Gasteiger partial charge in [0.25, 0.3) is 0 Å². The number of nitrogens with zero attached hydrogens (tertiary/aromatic N) is 1. The molecule has 0 bridgehead atoms. The van der Waals surface area contributed by atoms with Gasteiger partial charge in [-0.25, -0.2) is 0 Å². The van der Waals surface area contributed by atoms with Gasteiger partial charge in [-0.2, -0.15) is 5.26 Å². The lowest BCUT2D eigenvalue weighted by molar-refractivity contribution is 0.982. The van der Waals surface area contributed by atoms with E-state index in [9.17, 15) is 0 Å². The molecule has 1 heteroatoms. The van der Waals surface area contributed by atoms with Crippen molar-refractivity contribution in [3.63, 3.8) is 0 Å². The summed E-state index contributed by atoms with van der Waals surface area (Å²) in [6.07, 6.45) is 0. The molecule has 78 valence electrons. The minimum Gasteiger partial charge on any atom is -0.198 e. The summed E-state index contributed by atoms with van der Waals surface area (Å²) in [5.74, 6) is -0.0372. The number of nitriles is 1. The standard InChI is InChI=1S/C15H13N/c1-12(11-16)13-7-9-15(10-8-13)14-5-3-2-4-6-14/h2-10,12H,1H3/t12-/m0/s1. The maximum Gasteiger partial charge on any atom is 0.0700 e. The first-order valence-corrected chi connectivity index (χ1v) is 5.36. The Labute approximate surface area is 96.0 Å². The molecule has 0 unspecified atom stereocenters. The van der Waals surface area contributed by atoms with Crippen LogP contribution < -0.4 is 0 Å². The highest BCUT2D eigenvalue weighted by Gasteiger charge is 2.03. The van der Waals surface area contributed by atoms with Crippen molar-refractivity contribution in [3.05, 3.63) is 60.2 Å². The van der Waals surface area contributed by atoms with Crippen molar-refractivity contribution in [2.45, 2.75) is 12.8 Å². The lowest BCUT2D eigenvalue weighted by Gasteiger charge is -2.05. The van der Waals surface area contributed by atoms with Crippen LogP contribution in [-0.2, 0) is 0 Å². The Balaban J connectivity index is 2.31. The van der Waals surface area contributed by atoms with Crippen molar-refractivity contribution in [2.24, 2.45) is 0 Å². The SMILES string of the molecule is C[C@@H](C#N)c1ccc(-c2ccccc2)cc1. The van der Waals surface area contributed by atoms with E-state index in [2.05, 4.69) is 30.3 Å². The van der Waals surface area contributed by atoms with Crippen LogP contribution in [-0.4, -0.2) is 0 Å². The van der Waals surface area contributed by atoms with Crippen molar-refractivity contribution >= 4 is 0 Å². The van der Waals surface area contributed by atoms with E-state index < -0.39 is 0 Å². The van der Waals surface area contributed by atoms with E-state index in [4.69, 9.17) is 5.26 Å². The Morgan fingerprint density at radius 3 is 2.00 bits per heavy atom. The van der Waals surface area contributed by atoms with Gasteiger partial charge in [0.2, 0.25) is 0 Å². The Bertz CT molecular complexity index is 491. The van der Waals surface area contributed by atoms with Crippen molar-refractivity contribution in [1.29, 1.82) is 5.26 Å². The van der Waals surface area contributed by atoms with Gasteiger partial charge in [0.05, 0.1) is 12.0 Å². The summed E-state index contributed by atoms with van der Waals surface area (Å²) in [5, 5.41) is 8.82. The summed E-state index contributed by atoms with van der Waals surface area (Å²) in [5.41, 5.74) is 3.47. The zero-order valence-corrected chi connectivity index (χ0v) is 9.22. The molecule has 0 fully saturated rings. The van der Waals surface area contributed by atoms with Gasteiger partial charge in [-0.1, -0.05) is 54.6 Å². The molecule has 0 N–H and O–H groups in total. The fraction of sp³-hybridized carbons (Fsp3) is 0.133. The average molecular weight is 207 g/mol. The lowest BCUT2D eigenvalue weighted by Crippen LogP contribution is -1.88. The molecule has 2 aromatic carbocycles. The summed E-state index contributed by atoms with van der Waals surface area (Å²) in [7, 11) is 0. The summed E-state index contributed by atoms with van der Waals surface area (Å²) < 4.78 is 0. The largest absolute Gasteiger partial charge is 0.198 e. The molecule has 0 aliphatic heterocycles. The van der Waals surface area contributed by atoms with Crippen LogP contribution in [0.4, 0.5) is 0 Å². The quantitative estimate of drug-likeness (QED) is 0.730. The number of benzene rings is 2. The van der Waals surface area contributed by atoms with E-state index in [0.29, 0.717) is 0 Å². The topological polar surface area (TPSA) is 23.8 Å². The molecule has 16 heavy (non-hydrogen) atoms. The highest BCUT2D eigenvalue weighted by atomic mass is 14.3. The molecule has 0 radical (unpaired) electrons. The van der Waals surface area contributed by atoms with Crippen LogP contribution in [0, 0.1) is 11.3 Å². The summed E-state index contributed by atoms with van der Waals surface area (Å²) in [6.45, 7) is 1.91. The average Bonchev–Trinajstić information content (AvgIpc) is 2.39. The van der Waals surface area contributed by atoms with Crippen LogP contribution in [0.2, 0.25) is 0 Å². The molecule has 0 heterocycles. The van der Waals surface area contributed by atoms with Crippen LogP contribution in [0.3, 0.4) is 0 Å². The van der Waals surface area contributed by atoms with E-state index in [1.165, 1.54) is 11.1 Å². The van der Waals surface area contributed by atoms with Crippen LogP contribution >= 0.6 is 0 Å². The Morgan fingerprint density at radius 1 is 0.875 bits per heavy atom. The molecule has 0 amide bonds. The zero-order valence-electron chi connectivity index (χ0n) is 9.22. The first-order chi connectivity index (χ1) is 7.81. The fourth-order valence-corrected chi connectivity index (χ4v) is 1.67. The minimum absolute atomic E-state index is 0.0372. The summed E-state index contributed by atoms with van der Waals surface area (Å²) in [6, 6.07) is 20.7. The van der Waals surface area contributed by atoms with Gasteiger partial charge in [-0.3, -0.25) is 0 Å². The van der Waals surface area contributed by atoms with Gasteiger partial charge in [0, 0.05) is 0 Å². The molecule has 0 aliphatic rings. The third-order valence-corrected chi connectivity index (χ3v) is 2.71. The maximum absolute atomic E-state index is 8.82. The number of rotatable bonds is 2. The van der Waals surface area contributed by atoms with E-state index in [-0.39, 0.29) is 5.92 Å². The molecule has 0 saturated heterocycles. The molecular weight excluding hydrogens is 194 g/mol. The van der Waals surface area contributed by atoms with E-state index >= 15 is 0 Å². The van der Waals surface area contributed by atoms with Crippen LogP contribution in [0.5, 0.6) is 0 Å². The monoisotopic (exact) mass is 207 g/mol. The van der Waals surface area contributed by atoms with Gasteiger partial charge >= 0.3 is 0 Å². The molecule has 1 atom stereocenters. The van der Waals surface area contributed by atoms with Gasteiger partial charge in [-0.15, -0.1) is 0 Å². The zero-order chi connectivity index (χ0) is 11.4. The van der Waals surface area contributed by atoms with E-state index in [1.54, 1.807) is 0 Å². The molecule has 2 aromatic rings. The fourth-order valence-electron chi connectivity index (χ4n) is 1.67. The first-order valence-electron chi connectivity index (χ1n) is 5.36. The van der Waals surface area contributed by atoms with Crippen LogP contribution in [0.25, 0.3) is 11.1 Å². The summed E-state index contributed by atoms with van der Waals surface area (Å²) in [4.78, 5) is 0. The van der Waals surface area contributed by atoms with E-state index in [0.717, 1.165) is 5.56 Å². The molecule has 0 spiro atoms. The normalized spacial score (nSPS) is 11.8. The molecule has 0 saturated carbocycles. The number of hydrogen-bond acceptors (Lipinski definition) is 1. The summed E-state index contributed by atoms with van der Waals surface area (Å²) >= 11 is 0.